The second-order valence-corrected chi connectivity index (χ2v) is 4.16. The van der Waals surface area contributed by atoms with E-state index in [1.807, 2.05) is 18.5 Å². The predicted octanol–water partition coefficient (Wildman–Crippen LogP) is 2.63. The molecule has 1 aromatic rings. The average Bonchev–Trinajstić information content (AvgIpc) is 2.72. The summed E-state index contributed by atoms with van der Waals surface area (Å²) in [6, 6.07) is 3.15. The molecule has 3 heteroatoms. The van der Waals surface area contributed by atoms with Gasteiger partial charge < -0.3 is 4.90 Å². The molecule has 0 saturated carbocycles. The summed E-state index contributed by atoms with van der Waals surface area (Å²) in [5.74, 6) is 0.911. The minimum atomic E-state index is 0.636. The van der Waals surface area contributed by atoms with Crippen molar-refractivity contribution < 1.29 is 0 Å². The molecule has 1 aliphatic heterocycles. The van der Waals surface area contributed by atoms with Crippen LogP contribution < -0.4 is 4.90 Å². The molecule has 0 aromatic carbocycles. The standard InChI is InChI=1S/C12H19N3/c1-3-10-6-7-11(4-2)15(10)12-13-8-5-9-14-12/h5,8-11H,3-4,6-7H2,1-2H3. The highest BCUT2D eigenvalue weighted by molar-refractivity contribution is 5.34. The molecule has 2 unspecified atom stereocenters. The molecule has 0 spiro atoms. The van der Waals surface area contributed by atoms with Crippen molar-refractivity contribution in [1.82, 2.24) is 9.97 Å². The lowest BCUT2D eigenvalue weighted by Crippen LogP contribution is -2.36. The molecule has 2 heterocycles. The molecule has 0 amide bonds. The van der Waals surface area contributed by atoms with Gasteiger partial charge in [-0.25, -0.2) is 9.97 Å². The lowest BCUT2D eigenvalue weighted by Gasteiger charge is -2.29. The second kappa shape index (κ2) is 4.60. The Morgan fingerprint density at radius 3 is 2.13 bits per heavy atom. The third-order valence-corrected chi connectivity index (χ3v) is 3.35. The maximum atomic E-state index is 4.37. The van der Waals surface area contributed by atoms with Crippen molar-refractivity contribution in [2.45, 2.75) is 51.6 Å². The van der Waals surface area contributed by atoms with Gasteiger partial charge in [-0.3, -0.25) is 0 Å². The highest BCUT2D eigenvalue weighted by atomic mass is 15.3. The van der Waals surface area contributed by atoms with E-state index in [0.717, 1.165) is 5.95 Å². The van der Waals surface area contributed by atoms with Crippen LogP contribution in [0.3, 0.4) is 0 Å². The molecule has 1 aliphatic rings. The Bertz CT molecular complexity index is 287. The van der Waals surface area contributed by atoms with E-state index in [4.69, 9.17) is 0 Å². The summed E-state index contributed by atoms with van der Waals surface area (Å²) in [6.45, 7) is 4.50. The van der Waals surface area contributed by atoms with Gasteiger partial charge >= 0.3 is 0 Å². The van der Waals surface area contributed by atoms with Crippen LogP contribution in [0.5, 0.6) is 0 Å². The molecule has 2 rings (SSSR count). The lowest BCUT2D eigenvalue weighted by molar-refractivity contribution is 0.584. The van der Waals surface area contributed by atoms with Gasteiger partial charge in [-0.05, 0) is 31.7 Å². The van der Waals surface area contributed by atoms with E-state index < -0.39 is 0 Å². The van der Waals surface area contributed by atoms with Crippen molar-refractivity contribution in [3.8, 4) is 0 Å². The molecule has 0 bridgehead atoms. The van der Waals surface area contributed by atoms with Crippen molar-refractivity contribution in [1.29, 1.82) is 0 Å². The van der Waals surface area contributed by atoms with Crippen molar-refractivity contribution >= 4 is 5.95 Å². The summed E-state index contributed by atoms with van der Waals surface area (Å²) in [5.41, 5.74) is 0. The van der Waals surface area contributed by atoms with Crippen LogP contribution in [0, 0.1) is 0 Å². The molecule has 15 heavy (non-hydrogen) atoms. The normalized spacial score (nSPS) is 25.9. The van der Waals surface area contributed by atoms with Crippen LogP contribution in [-0.4, -0.2) is 22.1 Å². The largest absolute Gasteiger partial charge is 0.335 e. The first-order valence-electron chi connectivity index (χ1n) is 5.92. The van der Waals surface area contributed by atoms with Gasteiger partial charge in [0, 0.05) is 24.5 Å². The van der Waals surface area contributed by atoms with Gasteiger partial charge in [0.1, 0.15) is 0 Å². The third-order valence-electron chi connectivity index (χ3n) is 3.35. The lowest BCUT2D eigenvalue weighted by atomic mass is 10.1. The summed E-state index contributed by atoms with van der Waals surface area (Å²) in [4.78, 5) is 11.2. The highest BCUT2D eigenvalue weighted by Crippen LogP contribution is 2.30. The van der Waals surface area contributed by atoms with E-state index >= 15 is 0 Å². The zero-order valence-electron chi connectivity index (χ0n) is 9.56. The zero-order chi connectivity index (χ0) is 10.7. The Morgan fingerprint density at radius 1 is 1.13 bits per heavy atom. The van der Waals surface area contributed by atoms with Gasteiger partial charge in [0.25, 0.3) is 0 Å². The zero-order valence-corrected chi connectivity index (χ0v) is 9.56. The SMILES string of the molecule is CCC1CCC(CC)N1c1ncccn1. The quantitative estimate of drug-likeness (QED) is 0.759. The number of rotatable bonds is 3. The maximum Gasteiger partial charge on any atom is 0.225 e. The minimum Gasteiger partial charge on any atom is -0.335 e. The van der Waals surface area contributed by atoms with Crippen molar-refractivity contribution in [3.05, 3.63) is 18.5 Å². The smallest absolute Gasteiger partial charge is 0.225 e. The van der Waals surface area contributed by atoms with Crippen LogP contribution in [-0.2, 0) is 0 Å². The Hall–Kier alpha value is -1.12. The first-order valence-corrected chi connectivity index (χ1v) is 5.92. The fourth-order valence-corrected chi connectivity index (χ4v) is 2.51. The molecule has 0 N–H and O–H groups in total. The van der Waals surface area contributed by atoms with Gasteiger partial charge in [0.05, 0.1) is 0 Å². The van der Waals surface area contributed by atoms with Crippen LogP contribution in [0.4, 0.5) is 5.95 Å². The van der Waals surface area contributed by atoms with Crippen LogP contribution >= 0.6 is 0 Å². The summed E-state index contributed by atoms with van der Waals surface area (Å²) in [6.07, 6.45) is 8.62. The number of hydrogen-bond acceptors (Lipinski definition) is 3. The summed E-state index contributed by atoms with van der Waals surface area (Å²) in [7, 11) is 0. The molecule has 2 atom stereocenters. The van der Waals surface area contributed by atoms with E-state index in [2.05, 4.69) is 28.7 Å². The van der Waals surface area contributed by atoms with Crippen molar-refractivity contribution in [2.24, 2.45) is 0 Å². The van der Waals surface area contributed by atoms with E-state index in [9.17, 15) is 0 Å². The Labute approximate surface area is 91.5 Å². The van der Waals surface area contributed by atoms with Gasteiger partial charge in [-0.15, -0.1) is 0 Å². The number of aromatic nitrogens is 2. The fourth-order valence-electron chi connectivity index (χ4n) is 2.51. The molecule has 82 valence electrons. The van der Waals surface area contributed by atoms with E-state index in [1.165, 1.54) is 25.7 Å². The van der Waals surface area contributed by atoms with Gasteiger partial charge in [-0.1, -0.05) is 13.8 Å². The molecular formula is C12H19N3. The molecule has 1 aromatic heterocycles. The third kappa shape index (κ3) is 1.96. The van der Waals surface area contributed by atoms with E-state index in [0.29, 0.717) is 12.1 Å². The maximum absolute atomic E-state index is 4.37. The topological polar surface area (TPSA) is 29.0 Å². The first kappa shape index (κ1) is 10.4. The average molecular weight is 205 g/mol. The Kier molecular flexibility index (Phi) is 3.19. The predicted molar refractivity (Wildman–Crippen MR) is 61.9 cm³/mol. The van der Waals surface area contributed by atoms with E-state index in [-0.39, 0.29) is 0 Å². The van der Waals surface area contributed by atoms with Gasteiger partial charge in [0.15, 0.2) is 0 Å². The molecule has 0 radical (unpaired) electrons. The molecule has 0 aliphatic carbocycles. The van der Waals surface area contributed by atoms with Gasteiger partial charge in [0.2, 0.25) is 5.95 Å². The fraction of sp³-hybridized carbons (Fsp3) is 0.667. The highest BCUT2D eigenvalue weighted by Gasteiger charge is 2.32. The molecule has 3 nitrogen and oxygen atoms in total. The van der Waals surface area contributed by atoms with Crippen molar-refractivity contribution in [3.63, 3.8) is 0 Å². The van der Waals surface area contributed by atoms with Gasteiger partial charge in [-0.2, -0.15) is 0 Å². The van der Waals surface area contributed by atoms with Crippen LogP contribution in [0.1, 0.15) is 39.5 Å². The minimum absolute atomic E-state index is 0.636. The monoisotopic (exact) mass is 205 g/mol. The van der Waals surface area contributed by atoms with Crippen molar-refractivity contribution in [2.75, 3.05) is 4.90 Å². The summed E-state index contributed by atoms with van der Waals surface area (Å²) < 4.78 is 0. The number of anilines is 1. The van der Waals surface area contributed by atoms with E-state index in [1.54, 1.807) is 0 Å². The van der Waals surface area contributed by atoms with Crippen LogP contribution in [0.15, 0.2) is 18.5 Å². The second-order valence-electron chi connectivity index (χ2n) is 4.16. The first-order chi connectivity index (χ1) is 7.36. The Balaban J connectivity index is 2.23. The Morgan fingerprint density at radius 2 is 1.67 bits per heavy atom. The van der Waals surface area contributed by atoms with Crippen LogP contribution in [0.2, 0.25) is 0 Å². The molecule has 1 fully saturated rings. The number of nitrogens with zero attached hydrogens (tertiary/aromatic N) is 3. The molecule has 1 saturated heterocycles. The van der Waals surface area contributed by atoms with Crippen LogP contribution in [0.25, 0.3) is 0 Å². The summed E-state index contributed by atoms with van der Waals surface area (Å²) >= 11 is 0. The summed E-state index contributed by atoms with van der Waals surface area (Å²) in [5, 5.41) is 0. The molecular weight excluding hydrogens is 186 g/mol. The number of hydrogen-bond donors (Lipinski definition) is 0.